The number of hydrogen-bond donors (Lipinski definition) is 3. The summed E-state index contributed by atoms with van der Waals surface area (Å²) in [6.07, 6.45) is 0. The molecule has 1 aromatic rings. The molecule has 0 aromatic heterocycles. The van der Waals surface area contributed by atoms with E-state index in [0.29, 0.717) is 0 Å². The second-order valence-electron chi connectivity index (χ2n) is 2.37. The van der Waals surface area contributed by atoms with Gasteiger partial charge in [0.05, 0.1) is 5.56 Å². The molecule has 0 aliphatic rings. The van der Waals surface area contributed by atoms with Crippen molar-refractivity contribution in [2.75, 3.05) is 0 Å². The molecular formula is C8H6O5. The Balaban J connectivity index is 3.53. The maximum absolute atomic E-state index is 10.8. The van der Waals surface area contributed by atoms with E-state index >= 15 is 0 Å². The van der Waals surface area contributed by atoms with Crippen LogP contribution >= 0.6 is 0 Å². The third kappa shape index (κ3) is 1.96. The van der Waals surface area contributed by atoms with Gasteiger partial charge in [0.2, 0.25) is 5.43 Å². The average molecular weight is 182 g/mol. The first-order chi connectivity index (χ1) is 6.00. The molecule has 0 aliphatic carbocycles. The predicted octanol–water partition coefficient (Wildman–Crippen LogP) is 0.156. The zero-order valence-corrected chi connectivity index (χ0v) is 6.39. The third-order valence-electron chi connectivity index (χ3n) is 1.37. The Morgan fingerprint density at radius 1 is 1.15 bits per heavy atom. The van der Waals surface area contributed by atoms with Crippen LogP contribution in [0.4, 0.5) is 0 Å². The van der Waals surface area contributed by atoms with Crippen LogP contribution < -0.4 is 5.43 Å². The van der Waals surface area contributed by atoms with Crippen molar-refractivity contribution in [3.8, 4) is 11.5 Å². The van der Waals surface area contributed by atoms with Gasteiger partial charge in [-0.15, -0.1) is 0 Å². The molecule has 0 bridgehead atoms. The summed E-state index contributed by atoms with van der Waals surface area (Å²) in [6, 6.07) is 2.40. The Morgan fingerprint density at radius 2 is 1.77 bits per heavy atom. The summed E-state index contributed by atoms with van der Waals surface area (Å²) in [5, 5.41) is 26.4. The van der Waals surface area contributed by atoms with Crippen molar-refractivity contribution in [1.82, 2.24) is 0 Å². The summed E-state index contributed by atoms with van der Waals surface area (Å²) in [4.78, 5) is 21.2. The molecule has 0 heterocycles. The molecule has 0 unspecified atom stereocenters. The van der Waals surface area contributed by atoms with E-state index in [-0.39, 0.29) is 5.56 Å². The van der Waals surface area contributed by atoms with Crippen LogP contribution in [0.1, 0.15) is 10.4 Å². The number of hydrogen-bond acceptors (Lipinski definition) is 4. The fourth-order valence-electron chi connectivity index (χ4n) is 0.793. The van der Waals surface area contributed by atoms with E-state index in [9.17, 15) is 9.59 Å². The number of carboxylic acids is 1. The third-order valence-corrected chi connectivity index (χ3v) is 1.37. The molecule has 5 heteroatoms. The highest BCUT2D eigenvalue weighted by Gasteiger charge is 2.05. The highest BCUT2D eigenvalue weighted by atomic mass is 16.4. The van der Waals surface area contributed by atoms with Crippen LogP contribution in [0.2, 0.25) is 0 Å². The second-order valence-corrected chi connectivity index (χ2v) is 2.37. The summed E-state index contributed by atoms with van der Waals surface area (Å²) in [6.45, 7) is 0. The lowest BCUT2D eigenvalue weighted by Gasteiger charge is -1.87. The van der Waals surface area contributed by atoms with Crippen molar-refractivity contribution in [2.45, 2.75) is 0 Å². The molecule has 0 atom stereocenters. The quantitative estimate of drug-likeness (QED) is 0.574. The lowest BCUT2D eigenvalue weighted by Crippen LogP contribution is -1.95. The fourth-order valence-corrected chi connectivity index (χ4v) is 0.793. The monoisotopic (exact) mass is 182 g/mol. The Labute approximate surface area is 72.5 Å². The van der Waals surface area contributed by atoms with Gasteiger partial charge in [-0.05, 0) is 12.1 Å². The Kier molecular flexibility index (Phi) is 2.19. The standard InChI is InChI=1S/C8H6O5/c9-5-1-4(8(12)13)2-6(10)7(11)3-5/h1-3,9H,(H,10,11)(H,12,13). The van der Waals surface area contributed by atoms with Gasteiger partial charge in [0.1, 0.15) is 5.75 Å². The second kappa shape index (κ2) is 3.14. The van der Waals surface area contributed by atoms with Gasteiger partial charge in [-0.1, -0.05) is 0 Å². The summed E-state index contributed by atoms with van der Waals surface area (Å²) < 4.78 is 0. The van der Waals surface area contributed by atoms with Crippen LogP contribution in [0.15, 0.2) is 23.0 Å². The van der Waals surface area contributed by atoms with Crippen LogP contribution in [-0.2, 0) is 0 Å². The molecule has 0 radical (unpaired) electrons. The maximum atomic E-state index is 10.8. The van der Waals surface area contributed by atoms with Gasteiger partial charge in [-0.3, -0.25) is 4.79 Å². The molecule has 1 aromatic carbocycles. The minimum absolute atomic E-state index is 0.350. The molecule has 0 fully saturated rings. The van der Waals surface area contributed by atoms with E-state index < -0.39 is 22.9 Å². The van der Waals surface area contributed by atoms with Crippen molar-refractivity contribution in [3.63, 3.8) is 0 Å². The summed E-state index contributed by atoms with van der Waals surface area (Å²) in [5.74, 6) is -2.54. The normalized spacial score (nSPS) is 9.54. The highest BCUT2D eigenvalue weighted by molar-refractivity contribution is 5.88. The number of carbonyl (C=O) groups is 1. The molecule has 1 rings (SSSR count). The summed E-state index contributed by atoms with van der Waals surface area (Å²) in [5.41, 5.74) is -1.18. The number of carboxylic acid groups (broad SMARTS) is 1. The van der Waals surface area contributed by atoms with Crippen molar-refractivity contribution in [2.24, 2.45) is 0 Å². The zero-order chi connectivity index (χ0) is 10.0. The predicted molar refractivity (Wildman–Crippen MR) is 43.0 cm³/mol. The van der Waals surface area contributed by atoms with Crippen LogP contribution in [0.25, 0.3) is 0 Å². The van der Waals surface area contributed by atoms with Gasteiger partial charge >= 0.3 is 5.97 Å². The minimum Gasteiger partial charge on any atom is -0.508 e. The van der Waals surface area contributed by atoms with Crippen molar-refractivity contribution in [3.05, 3.63) is 34.0 Å². The SMILES string of the molecule is O=C(O)c1cc(O)cc(=O)c(O)c1. The van der Waals surface area contributed by atoms with E-state index in [2.05, 4.69) is 0 Å². The van der Waals surface area contributed by atoms with Gasteiger partial charge in [0.25, 0.3) is 0 Å². The summed E-state index contributed by atoms with van der Waals surface area (Å²) >= 11 is 0. The van der Waals surface area contributed by atoms with Gasteiger partial charge in [-0.2, -0.15) is 0 Å². The van der Waals surface area contributed by atoms with Gasteiger partial charge in [0, 0.05) is 6.07 Å². The lowest BCUT2D eigenvalue weighted by molar-refractivity contribution is 0.0696. The zero-order valence-electron chi connectivity index (χ0n) is 6.39. The minimum atomic E-state index is -1.33. The molecule has 0 spiro atoms. The number of aromatic hydroxyl groups is 2. The molecule has 0 amide bonds. The van der Waals surface area contributed by atoms with Gasteiger partial charge in [-0.25, -0.2) is 4.79 Å². The topological polar surface area (TPSA) is 94.8 Å². The molecule has 0 aliphatic heterocycles. The first kappa shape index (κ1) is 9.05. The van der Waals surface area contributed by atoms with Crippen LogP contribution in [0.3, 0.4) is 0 Å². The molecule has 0 saturated carbocycles. The molecule has 3 N–H and O–H groups in total. The van der Waals surface area contributed by atoms with Crippen molar-refractivity contribution < 1.29 is 20.1 Å². The Morgan fingerprint density at radius 3 is 2.31 bits per heavy atom. The lowest BCUT2D eigenvalue weighted by atomic mass is 10.3. The molecule has 68 valence electrons. The van der Waals surface area contributed by atoms with E-state index in [1.165, 1.54) is 0 Å². The van der Waals surface area contributed by atoms with Crippen molar-refractivity contribution in [1.29, 1.82) is 0 Å². The fraction of sp³-hybridized carbons (Fsp3) is 0. The van der Waals surface area contributed by atoms with Crippen LogP contribution in [-0.4, -0.2) is 21.3 Å². The highest BCUT2D eigenvalue weighted by Crippen LogP contribution is 2.11. The van der Waals surface area contributed by atoms with E-state index in [0.717, 1.165) is 18.2 Å². The molecular weight excluding hydrogens is 176 g/mol. The average Bonchev–Trinajstić information content (AvgIpc) is 2.12. The van der Waals surface area contributed by atoms with E-state index in [1.807, 2.05) is 0 Å². The largest absolute Gasteiger partial charge is 0.508 e. The van der Waals surface area contributed by atoms with Gasteiger partial charge in [0.15, 0.2) is 5.75 Å². The first-order valence-corrected chi connectivity index (χ1v) is 3.31. The van der Waals surface area contributed by atoms with Crippen LogP contribution in [0.5, 0.6) is 11.5 Å². The first-order valence-electron chi connectivity index (χ1n) is 3.31. The smallest absolute Gasteiger partial charge is 0.335 e. The van der Waals surface area contributed by atoms with Crippen LogP contribution in [0, 0.1) is 0 Å². The summed E-state index contributed by atoms with van der Waals surface area (Å²) in [7, 11) is 0. The van der Waals surface area contributed by atoms with Crippen molar-refractivity contribution >= 4 is 5.97 Å². The van der Waals surface area contributed by atoms with Gasteiger partial charge < -0.3 is 15.3 Å². The number of rotatable bonds is 1. The molecule has 13 heavy (non-hydrogen) atoms. The van der Waals surface area contributed by atoms with E-state index in [4.69, 9.17) is 15.3 Å². The van der Waals surface area contributed by atoms with E-state index in [1.54, 1.807) is 0 Å². The number of aromatic carboxylic acids is 1. The molecule has 5 nitrogen and oxygen atoms in total. The maximum Gasteiger partial charge on any atom is 0.335 e. The molecule has 0 saturated heterocycles. The Hall–Kier alpha value is -2.04. The Bertz CT molecular complexity index is 410.